The molecule has 6 heteroatoms. The molecule has 0 aliphatic carbocycles. The summed E-state index contributed by atoms with van der Waals surface area (Å²) in [5.41, 5.74) is 2.39. The molecule has 5 nitrogen and oxygen atoms in total. The maximum Gasteiger partial charge on any atom is 0.177 e. The molecule has 3 rings (SSSR count). The summed E-state index contributed by atoms with van der Waals surface area (Å²) >= 11 is 0. The average molecular weight is 301 g/mol. The Hall–Kier alpha value is -2.21. The van der Waals surface area contributed by atoms with Crippen molar-refractivity contribution < 1.29 is 8.42 Å². The minimum atomic E-state index is -3.28. The number of H-pyrrole nitrogens is 1. The molecule has 0 radical (unpaired) electrons. The van der Waals surface area contributed by atoms with Crippen LogP contribution in [0.1, 0.15) is 11.4 Å². The number of fused-ring (bicyclic) bond motifs is 1. The zero-order valence-electron chi connectivity index (χ0n) is 11.6. The van der Waals surface area contributed by atoms with Crippen LogP contribution in [0.3, 0.4) is 0 Å². The Morgan fingerprint density at radius 2 is 2.00 bits per heavy atom. The van der Waals surface area contributed by atoms with Crippen LogP contribution >= 0.6 is 0 Å². The first-order valence-electron chi connectivity index (χ1n) is 6.60. The first-order valence-corrected chi connectivity index (χ1v) is 8.50. The van der Waals surface area contributed by atoms with Gasteiger partial charge < -0.3 is 4.98 Å². The molecule has 0 unspecified atom stereocenters. The highest BCUT2D eigenvalue weighted by Gasteiger charge is 2.14. The Morgan fingerprint density at radius 1 is 1.14 bits per heavy atom. The maximum absolute atomic E-state index is 11.8. The van der Waals surface area contributed by atoms with Crippen molar-refractivity contribution in [2.75, 3.05) is 6.26 Å². The van der Waals surface area contributed by atoms with Gasteiger partial charge in [-0.1, -0.05) is 12.1 Å². The van der Waals surface area contributed by atoms with Crippen molar-refractivity contribution >= 4 is 20.9 Å². The Bertz CT molecular complexity index is 870. The summed E-state index contributed by atoms with van der Waals surface area (Å²) in [6.45, 7) is 0. The lowest BCUT2D eigenvalue weighted by Gasteiger charge is -1.98. The van der Waals surface area contributed by atoms with Gasteiger partial charge in [0.1, 0.15) is 11.3 Å². The second-order valence-electron chi connectivity index (χ2n) is 4.97. The van der Waals surface area contributed by atoms with Crippen molar-refractivity contribution in [2.24, 2.45) is 0 Å². The minimum absolute atomic E-state index is 0.267. The lowest BCUT2D eigenvalue weighted by Crippen LogP contribution is -1.98. The predicted octanol–water partition coefficient (Wildman–Crippen LogP) is 2.15. The fourth-order valence-corrected chi connectivity index (χ4v) is 3.12. The van der Waals surface area contributed by atoms with Gasteiger partial charge in [-0.3, -0.25) is 4.98 Å². The standard InChI is InChI=1S/C15H15N3O2S/c1-21(19,20)13-6-2-5-12-15(13)18-14(17-12)8-7-11-4-3-9-16-10-11/h2-6,9-10H,7-8H2,1H3,(H,17,18). The van der Waals surface area contributed by atoms with E-state index < -0.39 is 9.84 Å². The highest BCUT2D eigenvalue weighted by molar-refractivity contribution is 7.91. The van der Waals surface area contributed by atoms with E-state index in [1.807, 2.05) is 24.4 Å². The summed E-state index contributed by atoms with van der Waals surface area (Å²) < 4.78 is 23.5. The first-order chi connectivity index (χ1) is 10.0. The summed E-state index contributed by atoms with van der Waals surface area (Å²) in [6.07, 6.45) is 6.28. The Kier molecular flexibility index (Phi) is 3.47. The highest BCUT2D eigenvalue weighted by Crippen LogP contribution is 2.21. The van der Waals surface area contributed by atoms with Crippen LogP contribution in [0.2, 0.25) is 0 Å². The average Bonchev–Trinajstić information content (AvgIpc) is 2.87. The van der Waals surface area contributed by atoms with E-state index >= 15 is 0 Å². The highest BCUT2D eigenvalue weighted by atomic mass is 32.2. The quantitative estimate of drug-likeness (QED) is 0.801. The Balaban J connectivity index is 1.91. The van der Waals surface area contributed by atoms with E-state index in [4.69, 9.17) is 0 Å². The van der Waals surface area contributed by atoms with E-state index in [2.05, 4.69) is 15.0 Å². The molecule has 1 N–H and O–H groups in total. The molecule has 0 spiro atoms. The van der Waals surface area contributed by atoms with Crippen LogP contribution in [-0.2, 0) is 22.7 Å². The lowest BCUT2D eigenvalue weighted by atomic mass is 10.1. The summed E-state index contributed by atoms with van der Waals surface area (Å²) in [5.74, 6) is 0.782. The summed E-state index contributed by atoms with van der Waals surface area (Å²) in [6, 6.07) is 9.06. The molecule has 0 saturated carbocycles. The van der Waals surface area contributed by atoms with Crippen molar-refractivity contribution in [2.45, 2.75) is 17.7 Å². The molecular weight excluding hydrogens is 286 g/mol. The van der Waals surface area contributed by atoms with Crippen molar-refractivity contribution in [1.82, 2.24) is 15.0 Å². The molecule has 1 aromatic carbocycles. The lowest BCUT2D eigenvalue weighted by molar-refractivity contribution is 0.602. The number of rotatable bonds is 4. The fraction of sp³-hybridized carbons (Fsp3) is 0.200. The molecule has 0 saturated heterocycles. The second kappa shape index (κ2) is 5.29. The van der Waals surface area contributed by atoms with E-state index in [1.165, 1.54) is 6.26 Å². The van der Waals surface area contributed by atoms with Crippen LogP contribution in [0.25, 0.3) is 11.0 Å². The van der Waals surface area contributed by atoms with E-state index in [-0.39, 0.29) is 4.90 Å². The predicted molar refractivity (Wildman–Crippen MR) is 80.8 cm³/mol. The van der Waals surface area contributed by atoms with E-state index in [9.17, 15) is 8.42 Å². The van der Waals surface area contributed by atoms with Crippen LogP contribution in [0.15, 0.2) is 47.6 Å². The van der Waals surface area contributed by atoms with Crippen molar-refractivity contribution in [3.63, 3.8) is 0 Å². The van der Waals surface area contributed by atoms with Gasteiger partial charge in [-0.25, -0.2) is 13.4 Å². The molecule has 0 atom stereocenters. The molecule has 2 heterocycles. The number of aryl methyl sites for hydroxylation is 2. The van der Waals surface area contributed by atoms with Gasteiger partial charge in [0, 0.05) is 25.1 Å². The Morgan fingerprint density at radius 3 is 2.71 bits per heavy atom. The Labute approximate surface area is 123 Å². The van der Waals surface area contributed by atoms with Gasteiger partial charge in [0.05, 0.1) is 10.4 Å². The van der Waals surface area contributed by atoms with Crippen molar-refractivity contribution in [3.8, 4) is 0 Å². The largest absolute Gasteiger partial charge is 0.342 e. The summed E-state index contributed by atoms with van der Waals surface area (Å²) in [4.78, 5) is 12.0. The first kappa shape index (κ1) is 13.8. The molecule has 108 valence electrons. The van der Waals surface area contributed by atoms with Gasteiger partial charge in [0.25, 0.3) is 0 Å². The fourth-order valence-electron chi connectivity index (χ4n) is 2.28. The van der Waals surface area contributed by atoms with Gasteiger partial charge in [0.15, 0.2) is 9.84 Å². The summed E-state index contributed by atoms with van der Waals surface area (Å²) in [5, 5.41) is 0. The molecule has 0 aliphatic heterocycles. The number of aromatic amines is 1. The van der Waals surface area contributed by atoms with Crippen LogP contribution in [0.5, 0.6) is 0 Å². The number of para-hydroxylation sites is 1. The zero-order valence-corrected chi connectivity index (χ0v) is 12.4. The molecule has 0 amide bonds. The van der Waals surface area contributed by atoms with Gasteiger partial charge in [-0.2, -0.15) is 0 Å². The number of hydrogen-bond acceptors (Lipinski definition) is 4. The van der Waals surface area contributed by atoms with Gasteiger partial charge >= 0.3 is 0 Å². The number of sulfone groups is 1. The van der Waals surface area contributed by atoms with Crippen LogP contribution in [0, 0.1) is 0 Å². The van der Waals surface area contributed by atoms with Crippen LogP contribution in [0.4, 0.5) is 0 Å². The molecule has 21 heavy (non-hydrogen) atoms. The smallest absolute Gasteiger partial charge is 0.177 e. The number of pyridine rings is 1. The normalized spacial score (nSPS) is 11.9. The SMILES string of the molecule is CS(=O)(=O)c1cccc2[nH]c(CCc3cccnc3)nc12. The molecule has 0 bridgehead atoms. The number of imidazole rings is 1. The molecule has 3 aromatic rings. The third-order valence-corrected chi connectivity index (χ3v) is 4.43. The molecule has 0 aliphatic rings. The monoisotopic (exact) mass is 301 g/mol. The molecule has 0 fully saturated rings. The van der Waals surface area contributed by atoms with Gasteiger partial charge in [0.2, 0.25) is 0 Å². The summed E-state index contributed by atoms with van der Waals surface area (Å²) in [7, 11) is -3.28. The molecule has 2 aromatic heterocycles. The number of benzene rings is 1. The second-order valence-corrected chi connectivity index (χ2v) is 6.95. The number of nitrogens with zero attached hydrogens (tertiary/aromatic N) is 2. The van der Waals surface area contributed by atoms with E-state index in [0.29, 0.717) is 11.9 Å². The van der Waals surface area contributed by atoms with E-state index in [0.717, 1.165) is 23.3 Å². The minimum Gasteiger partial charge on any atom is -0.342 e. The van der Waals surface area contributed by atoms with Crippen molar-refractivity contribution in [3.05, 3.63) is 54.1 Å². The third kappa shape index (κ3) is 2.95. The molecular formula is C15H15N3O2S. The van der Waals surface area contributed by atoms with Gasteiger partial charge in [-0.15, -0.1) is 0 Å². The van der Waals surface area contributed by atoms with Crippen LogP contribution in [-0.4, -0.2) is 29.6 Å². The zero-order chi connectivity index (χ0) is 14.9. The van der Waals surface area contributed by atoms with Crippen LogP contribution < -0.4 is 0 Å². The third-order valence-electron chi connectivity index (χ3n) is 3.30. The number of aromatic nitrogens is 3. The number of hydrogen-bond donors (Lipinski definition) is 1. The maximum atomic E-state index is 11.8. The number of nitrogens with one attached hydrogen (secondary N) is 1. The van der Waals surface area contributed by atoms with Crippen molar-refractivity contribution in [1.29, 1.82) is 0 Å². The van der Waals surface area contributed by atoms with E-state index in [1.54, 1.807) is 18.3 Å². The topological polar surface area (TPSA) is 75.7 Å². The van der Waals surface area contributed by atoms with Gasteiger partial charge in [-0.05, 0) is 30.2 Å².